The van der Waals surface area contributed by atoms with Crippen LogP contribution in [0.15, 0.2) is 48.5 Å². The largest absolute Gasteiger partial charge is 0.380 e. The molecule has 0 aliphatic carbocycles. The van der Waals surface area contributed by atoms with Gasteiger partial charge in [0, 0.05) is 47.3 Å². The van der Waals surface area contributed by atoms with Crippen LogP contribution >= 0.6 is 0 Å². The molecule has 138 valence electrons. The van der Waals surface area contributed by atoms with E-state index in [1.807, 2.05) is 0 Å². The molecule has 1 spiro atoms. The Kier molecular flexibility index (Phi) is 3.41. The summed E-state index contributed by atoms with van der Waals surface area (Å²) in [5.74, 6) is 0. The van der Waals surface area contributed by atoms with Crippen molar-refractivity contribution in [3.05, 3.63) is 65.4 Å². The van der Waals surface area contributed by atoms with Crippen molar-refractivity contribution in [3.8, 4) is 0 Å². The van der Waals surface area contributed by atoms with E-state index < -0.39 is 0 Å². The van der Waals surface area contributed by atoms with Crippen molar-refractivity contribution in [1.82, 2.24) is 10.3 Å². The molecule has 0 saturated carbocycles. The minimum Gasteiger partial charge on any atom is -0.380 e. The Morgan fingerprint density at radius 2 is 1.89 bits per heavy atom. The first kappa shape index (κ1) is 15.7. The van der Waals surface area contributed by atoms with Crippen molar-refractivity contribution in [1.29, 1.82) is 0 Å². The summed E-state index contributed by atoms with van der Waals surface area (Å²) < 4.78 is 5.46. The summed E-state index contributed by atoms with van der Waals surface area (Å²) in [5.41, 5.74) is 7.18. The third-order valence-corrected chi connectivity index (χ3v) is 6.71. The normalized spacial score (nSPS) is 23.6. The second-order valence-electron chi connectivity index (χ2n) is 8.46. The maximum atomic E-state index is 5.46. The van der Waals surface area contributed by atoms with E-state index in [0.717, 1.165) is 39.3 Å². The Morgan fingerprint density at radius 3 is 2.67 bits per heavy atom. The van der Waals surface area contributed by atoms with Crippen LogP contribution in [-0.4, -0.2) is 37.8 Å². The number of benzene rings is 2. The van der Waals surface area contributed by atoms with Crippen LogP contribution in [0.1, 0.15) is 29.3 Å². The zero-order valence-electron chi connectivity index (χ0n) is 15.5. The second kappa shape index (κ2) is 5.85. The van der Waals surface area contributed by atoms with Crippen LogP contribution in [0.25, 0.3) is 10.9 Å². The van der Waals surface area contributed by atoms with Crippen molar-refractivity contribution in [2.24, 2.45) is 5.41 Å². The first-order valence-corrected chi connectivity index (χ1v) is 10.1. The predicted molar refractivity (Wildman–Crippen MR) is 108 cm³/mol. The van der Waals surface area contributed by atoms with E-state index in [2.05, 4.69) is 63.7 Å². The average molecular weight is 359 g/mol. The molecule has 3 aliphatic heterocycles. The molecule has 0 bridgehead atoms. The molecule has 27 heavy (non-hydrogen) atoms. The molecule has 0 amide bonds. The monoisotopic (exact) mass is 359 g/mol. The molecule has 2 saturated heterocycles. The van der Waals surface area contributed by atoms with Gasteiger partial charge in [0.05, 0.1) is 19.3 Å². The van der Waals surface area contributed by atoms with Gasteiger partial charge in [-0.1, -0.05) is 30.3 Å². The number of nitrogens with zero attached hydrogens (tertiary/aromatic N) is 1. The quantitative estimate of drug-likeness (QED) is 0.734. The maximum absolute atomic E-state index is 5.46. The molecule has 4 nitrogen and oxygen atoms in total. The van der Waals surface area contributed by atoms with E-state index in [9.17, 15) is 0 Å². The topological polar surface area (TPSA) is 40.3 Å². The van der Waals surface area contributed by atoms with E-state index >= 15 is 0 Å². The van der Waals surface area contributed by atoms with Gasteiger partial charge in [0.25, 0.3) is 0 Å². The number of fused-ring (bicyclic) bond motifs is 3. The summed E-state index contributed by atoms with van der Waals surface area (Å²) in [7, 11) is 0. The molecular weight excluding hydrogens is 334 g/mol. The number of aromatic amines is 1. The second-order valence-corrected chi connectivity index (χ2v) is 8.46. The molecule has 1 aromatic heterocycles. The van der Waals surface area contributed by atoms with E-state index in [-0.39, 0.29) is 6.04 Å². The Labute approximate surface area is 159 Å². The zero-order chi connectivity index (χ0) is 17.8. The van der Waals surface area contributed by atoms with Crippen molar-refractivity contribution < 1.29 is 4.74 Å². The lowest BCUT2D eigenvalue weighted by atomic mass is 9.85. The lowest BCUT2D eigenvalue weighted by molar-refractivity contribution is -0.0985. The van der Waals surface area contributed by atoms with E-state index in [0.29, 0.717) is 5.41 Å². The first-order chi connectivity index (χ1) is 13.3. The number of hydrogen-bond acceptors (Lipinski definition) is 3. The third-order valence-electron chi connectivity index (χ3n) is 6.71. The Morgan fingerprint density at radius 1 is 1.04 bits per heavy atom. The number of nitrogens with one attached hydrogen (secondary N) is 2. The lowest BCUT2D eigenvalue weighted by Gasteiger charge is -2.37. The highest BCUT2D eigenvalue weighted by Gasteiger charge is 2.44. The molecule has 0 radical (unpaired) electrons. The summed E-state index contributed by atoms with van der Waals surface area (Å²) >= 11 is 0. The minimum atomic E-state index is 0.250. The molecular formula is C23H25N3O. The molecule has 1 unspecified atom stereocenters. The van der Waals surface area contributed by atoms with Gasteiger partial charge in [-0.15, -0.1) is 0 Å². The van der Waals surface area contributed by atoms with E-state index in [4.69, 9.17) is 4.74 Å². The Bertz CT molecular complexity index is 987. The lowest BCUT2D eigenvalue weighted by Crippen LogP contribution is -2.44. The highest BCUT2D eigenvalue weighted by Crippen LogP contribution is 2.40. The Balaban J connectivity index is 1.30. The third kappa shape index (κ3) is 2.43. The van der Waals surface area contributed by atoms with Crippen molar-refractivity contribution in [2.75, 3.05) is 37.7 Å². The maximum Gasteiger partial charge on any atom is 0.0732 e. The molecule has 3 aliphatic rings. The summed E-state index contributed by atoms with van der Waals surface area (Å²) in [6.45, 7) is 5.19. The summed E-state index contributed by atoms with van der Waals surface area (Å²) in [6, 6.07) is 18.1. The highest BCUT2D eigenvalue weighted by molar-refractivity contribution is 5.85. The van der Waals surface area contributed by atoms with Gasteiger partial charge in [-0.2, -0.15) is 0 Å². The van der Waals surface area contributed by atoms with Crippen molar-refractivity contribution >= 4 is 16.6 Å². The fourth-order valence-corrected chi connectivity index (χ4v) is 5.12. The van der Waals surface area contributed by atoms with Gasteiger partial charge in [0.2, 0.25) is 0 Å². The smallest absolute Gasteiger partial charge is 0.0732 e. The standard InChI is InChI=1S/C23H25N3O/c1-2-4-20-18(3-1)19-9-11-24-21(22(19)25-20)16-5-7-17(8-6-16)26-12-10-23(13-26)14-27-15-23/h1-8,21,24-25H,9-15H2. The van der Waals surface area contributed by atoms with Gasteiger partial charge < -0.3 is 19.9 Å². The summed E-state index contributed by atoms with van der Waals surface area (Å²) in [5, 5.41) is 5.09. The molecule has 6 rings (SSSR count). The molecule has 3 aromatic rings. The molecule has 4 heterocycles. The fraction of sp³-hybridized carbons (Fsp3) is 0.391. The highest BCUT2D eigenvalue weighted by atomic mass is 16.5. The van der Waals surface area contributed by atoms with Crippen molar-refractivity contribution in [2.45, 2.75) is 18.9 Å². The number of anilines is 1. The number of aromatic nitrogens is 1. The van der Waals surface area contributed by atoms with Gasteiger partial charge >= 0.3 is 0 Å². The minimum absolute atomic E-state index is 0.250. The van der Waals surface area contributed by atoms with Crippen molar-refractivity contribution in [3.63, 3.8) is 0 Å². The van der Waals surface area contributed by atoms with Gasteiger partial charge in [-0.25, -0.2) is 0 Å². The fourth-order valence-electron chi connectivity index (χ4n) is 5.12. The van der Waals surface area contributed by atoms with Crippen LogP contribution in [0.5, 0.6) is 0 Å². The van der Waals surface area contributed by atoms with Crippen LogP contribution in [-0.2, 0) is 11.2 Å². The van der Waals surface area contributed by atoms with Crippen LogP contribution < -0.4 is 10.2 Å². The van der Waals surface area contributed by atoms with Gasteiger partial charge in [-0.3, -0.25) is 0 Å². The number of rotatable bonds is 2. The van der Waals surface area contributed by atoms with Gasteiger partial charge in [0.15, 0.2) is 0 Å². The Hall–Kier alpha value is -2.30. The van der Waals surface area contributed by atoms with E-state index in [1.165, 1.54) is 39.8 Å². The number of hydrogen-bond donors (Lipinski definition) is 2. The first-order valence-electron chi connectivity index (χ1n) is 10.1. The van der Waals surface area contributed by atoms with Crippen LogP contribution in [0.4, 0.5) is 5.69 Å². The molecule has 1 atom stereocenters. The number of para-hydroxylation sites is 1. The SMILES string of the molecule is c1ccc2c3c([nH]c2c1)C(c1ccc(N2CCC4(COC4)C2)cc1)NCC3. The van der Waals surface area contributed by atoms with Gasteiger partial charge in [0.1, 0.15) is 0 Å². The summed E-state index contributed by atoms with van der Waals surface area (Å²) in [4.78, 5) is 6.20. The number of ether oxygens (including phenoxy) is 1. The van der Waals surface area contributed by atoms with Crippen LogP contribution in [0.3, 0.4) is 0 Å². The zero-order valence-corrected chi connectivity index (χ0v) is 15.5. The number of H-pyrrole nitrogens is 1. The van der Waals surface area contributed by atoms with Gasteiger partial charge in [-0.05, 0) is 42.2 Å². The average Bonchev–Trinajstić information content (AvgIpc) is 3.30. The van der Waals surface area contributed by atoms with Crippen LogP contribution in [0, 0.1) is 5.41 Å². The summed E-state index contributed by atoms with van der Waals surface area (Å²) in [6.07, 6.45) is 2.35. The molecule has 2 aromatic carbocycles. The molecule has 4 heteroatoms. The molecule has 2 N–H and O–H groups in total. The predicted octanol–water partition coefficient (Wildman–Crippen LogP) is 3.63. The van der Waals surface area contributed by atoms with E-state index in [1.54, 1.807) is 0 Å². The van der Waals surface area contributed by atoms with Crippen LogP contribution in [0.2, 0.25) is 0 Å². The molecule has 2 fully saturated rings.